The van der Waals surface area contributed by atoms with Crippen LogP contribution in [0.3, 0.4) is 0 Å². The number of benzene rings is 1. The molecule has 1 N–H and O–H groups in total. The van der Waals surface area contributed by atoms with Gasteiger partial charge in [0.2, 0.25) is 6.29 Å². The van der Waals surface area contributed by atoms with Gasteiger partial charge in [0.25, 0.3) is 0 Å². The summed E-state index contributed by atoms with van der Waals surface area (Å²) in [6.45, 7) is 7.62. The van der Waals surface area contributed by atoms with Crippen molar-refractivity contribution in [2.24, 2.45) is 0 Å². The third-order valence-corrected chi connectivity index (χ3v) is 3.11. The van der Waals surface area contributed by atoms with Crippen molar-refractivity contribution in [2.75, 3.05) is 6.54 Å². The third-order valence-electron chi connectivity index (χ3n) is 2.86. The van der Waals surface area contributed by atoms with Gasteiger partial charge in [-0.15, -0.1) is 0 Å². The average molecular weight is 327 g/mol. The van der Waals surface area contributed by atoms with Crippen molar-refractivity contribution in [3.63, 3.8) is 0 Å². The Bertz CT molecular complexity index is 489. The molecule has 1 aromatic rings. The Hall–Kier alpha value is -1.75. The summed E-state index contributed by atoms with van der Waals surface area (Å²) in [5.74, 6) is -0.526. The summed E-state index contributed by atoms with van der Waals surface area (Å²) in [6, 6.07) is 7.23. The van der Waals surface area contributed by atoms with E-state index in [-0.39, 0.29) is 11.9 Å². The van der Waals surface area contributed by atoms with Crippen LogP contribution in [0.1, 0.15) is 38.2 Å². The fourth-order valence-electron chi connectivity index (χ4n) is 1.72. The van der Waals surface area contributed by atoms with Gasteiger partial charge in [-0.25, -0.2) is 4.79 Å². The van der Waals surface area contributed by atoms with E-state index in [4.69, 9.17) is 21.1 Å². The number of halogens is 1. The lowest BCUT2D eigenvalue weighted by Gasteiger charge is -2.16. The van der Waals surface area contributed by atoms with Crippen LogP contribution in [0.2, 0.25) is 5.02 Å². The average Bonchev–Trinajstić information content (AvgIpc) is 2.45. The van der Waals surface area contributed by atoms with Gasteiger partial charge >= 0.3 is 12.1 Å². The molecule has 22 heavy (non-hydrogen) atoms. The molecule has 0 aromatic heterocycles. The highest BCUT2D eigenvalue weighted by atomic mass is 35.5. The Kier molecular flexibility index (Phi) is 7.74. The number of esters is 1. The van der Waals surface area contributed by atoms with Crippen LogP contribution < -0.4 is 5.32 Å². The number of carbonyl (C=O) groups excluding carboxylic acids is 2. The van der Waals surface area contributed by atoms with Gasteiger partial charge < -0.3 is 14.8 Å². The first kappa shape index (κ1) is 18.3. The first-order valence-corrected chi connectivity index (χ1v) is 7.52. The Morgan fingerprint density at radius 3 is 2.50 bits per heavy atom. The second kappa shape index (κ2) is 9.30. The maximum atomic E-state index is 11.6. The monoisotopic (exact) mass is 326 g/mol. The van der Waals surface area contributed by atoms with Crippen molar-refractivity contribution >= 4 is 23.7 Å². The predicted molar refractivity (Wildman–Crippen MR) is 84.5 cm³/mol. The van der Waals surface area contributed by atoms with Crippen LogP contribution in [0.5, 0.6) is 0 Å². The summed E-state index contributed by atoms with van der Waals surface area (Å²) in [5.41, 5.74) is 0.951. The quantitative estimate of drug-likeness (QED) is 0.613. The van der Waals surface area contributed by atoms with E-state index in [1.807, 2.05) is 19.1 Å². The molecule has 5 nitrogen and oxygen atoms in total. The summed E-state index contributed by atoms with van der Waals surface area (Å²) >= 11 is 5.81. The van der Waals surface area contributed by atoms with Gasteiger partial charge in [0.1, 0.15) is 0 Å². The zero-order valence-electron chi connectivity index (χ0n) is 12.8. The SMILES string of the molecule is [CH2][C@@H](CNC(=O)OC(C)OC(=O)CCC)c1ccc(Cl)cc1. The number of rotatable bonds is 7. The first-order valence-electron chi connectivity index (χ1n) is 7.14. The Labute approximate surface area is 135 Å². The smallest absolute Gasteiger partial charge is 0.410 e. The number of nitrogens with one attached hydrogen (secondary N) is 1. The van der Waals surface area contributed by atoms with Crippen LogP contribution in [0.25, 0.3) is 0 Å². The van der Waals surface area contributed by atoms with Crippen molar-refractivity contribution in [1.82, 2.24) is 5.32 Å². The highest BCUT2D eigenvalue weighted by Crippen LogP contribution is 2.17. The lowest BCUT2D eigenvalue weighted by atomic mass is 10.0. The molecule has 1 radical (unpaired) electrons. The fourth-order valence-corrected chi connectivity index (χ4v) is 1.85. The molecular weight excluding hydrogens is 306 g/mol. The van der Waals surface area contributed by atoms with E-state index < -0.39 is 12.4 Å². The lowest BCUT2D eigenvalue weighted by Crippen LogP contribution is -2.32. The van der Waals surface area contributed by atoms with Crippen molar-refractivity contribution < 1.29 is 19.1 Å². The molecule has 0 heterocycles. The van der Waals surface area contributed by atoms with Crippen molar-refractivity contribution in [2.45, 2.75) is 38.9 Å². The summed E-state index contributed by atoms with van der Waals surface area (Å²) in [6.07, 6.45) is -0.591. The summed E-state index contributed by atoms with van der Waals surface area (Å²) < 4.78 is 9.84. The van der Waals surface area contributed by atoms with Crippen molar-refractivity contribution in [1.29, 1.82) is 0 Å². The second-order valence-corrected chi connectivity index (χ2v) is 5.28. The molecule has 0 aliphatic carbocycles. The molecule has 1 amide bonds. The van der Waals surface area contributed by atoms with E-state index in [9.17, 15) is 9.59 Å². The molecule has 0 bridgehead atoms. The van der Waals surface area contributed by atoms with E-state index in [0.29, 0.717) is 24.4 Å². The molecule has 1 rings (SSSR count). The normalized spacial score (nSPS) is 13.1. The maximum absolute atomic E-state index is 11.6. The molecular formula is C16H21ClNO4. The van der Waals surface area contributed by atoms with Gasteiger partial charge in [-0.2, -0.15) is 0 Å². The van der Waals surface area contributed by atoms with Crippen molar-refractivity contribution in [3.8, 4) is 0 Å². The Balaban J connectivity index is 2.33. The number of alkyl carbamates (subject to hydrolysis) is 1. The van der Waals surface area contributed by atoms with Crippen LogP contribution in [0.4, 0.5) is 4.79 Å². The minimum Gasteiger partial charge on any atom is -0.425 e. The van der Waals surface area contributed by atoms with Crippen LogP contribution in [-0.2, 0) is 14.3 Å². The van der Waals surface area contributed by atoms with Gasteiger partial charge in [-0.1, -0.05) is 30.7 Å². The largest absolute Gasteiger partial charge is 0.425 e. The molecule has 2 atom stereocenters. The summed E-state index contributed by atoms with van der Waals surface area (Å²) in [5, 5.41) is 3.23. The fraction of sp³-hybridized carbons (Fsp3) is 0.438. The second-order valence-electron chi connectivity index (χ2n) is 4.84. The van der Waals surface area contributed by atoms with Crippen LogP contribution >= 0.6 is 11.6 Å². The van der Waals surface area contributed by atoms with E-state index in [2.05, 4.69) is 12.2 Å². The minimum atomic E-state index is -0.919. The van der Waals surface area contributed by atoms with Crippen LogP contribution in [-0.4, -0.2) is 24.9 Å². The number of ether oxygens (including phenoxy) is 2. The number of carbonyl (C=O) groups is 2. The van der Waals surface area contributed by atoms with E-state index in [0.717, 1.165) is 5.56 Å². The lowest BCUT2D eigenvalue weighted by molar-refractivity contribution is -0.164. The molecule has 0 spiro atoms. The zero-order chi connectivity index (χ0) is 16.5. The maximum Gasteiger partial charge on any atom is 0.410 e. The molecule has 0 saturated heterocycles. The first-order chi connectivity index (χ1) is 10.4. The predicted octanol–water partition coefficient (Wildman–Crippen LogP) is 3.67. The van der Waals surface area contributed by atoms with E-state index in [1.165, 1.54) is 6.92 Å². The Morgan fingerprint density at radius 2 is 1.91 bits per heavy atom. The molecule has 0 saturated carbocycles. The molecule has 6 heteroatoms. The highest BCUT2D eigenvalue weighted by Gasteiger charge is 2.14. The molecule has 0 fully saturated rings. The summed E-state index contributed by atoms with van der Waals surface area (Å²) in [7, 11) is 0. The van der Waals surface area contributed by atoms with Crippen LogP contribution in [0.15, 0.2) is 24.3 Å². The summed E-state index contributed by atoms with van der Waals surface area (Å²) in [4.78, 5) is 22.9. The highest BCUT2D eigenvalue weighted by molar-refractivity contribution is 6.30. The van der Waals surface area contributed by atoms with E-state index in [1.54, 1.807) is 12.1 Å². The van der Waals surface area contributed by atoms with Gasteiger partial charge in [0, 0.05) is 30.8 Å². The van der Waals surface area contributed by atoms with Gasteiger partial charge in [-0.05, 0) is 31.0 Å². The molecule has 121 valence electrons. The Morgan fingerprint density at radius 1 is 1.27 bits per heavy atom. The van der Waals surface area contributed by atoms with E-state index >= 15 is 0 Å². The molecule has 1 unspecified atom stereocenters. The third kappa shape index (κ3) is 6.80. The van der Waals surface area contributed by atoms with Gasteiger partial charge in [0.05, 0.1) is 0 Å². The van der Waals surface area contributed by atoms with Gasteiger partial charge in [-0.3, -0.25) is 4.79 Å². The minimum absolute atomic E-state index is 0.136. The zero-order valence-corrected chi connectivity index (χ0v) is 13.6. The van der Waals surface area contributed by atoms with Gasteiger partial charge in [0.15, 0.2) is 0 Å². The molecule has 0 aliphatic heterocycles. The number of hydrogen-bond donors (Lipinski definition) is 1. The molecule has 0 aliphatic rings. The number of amides is 1. The van der Waals surface area contributed by atoms with Crippen LogP contribution in [0, 0.1) is 6.92 Å². The van der Waals surface area contributed by atoms with Crippen molar-refractivity contribution in [3.05, 3.63) is 41.8 Å². The number of hydrogen-bond acceptors (Lipinski definition) is 4. The molecule has 1 aromatic carbocycles. The topological polar surface area (TPSA) is 64.6 Å². The standard InChI is InChI=1S/C16H21ClNO4/c1-4-5-15(19)21-12(3)22-16(20)18-10-11(2)13-6-8-14(17)9-7-13/h6-9,11-12H,2,4-5,10H2,1,3H3,(H,18,20)/t11-,12?/m0/s1.